The molecule has 6 aromatic rings. The van der Waals surface area contributed by atoms with Gasteiger partial charge in [0.2, 0.25) is 0 Å². The quantitative estimate of drug-likeness (QED) is 0.176. The summed E-state index contributed by atoms with van der Waals surface area (Å²) in [6.45, 7) is 2.47. The number of aromatic nitrogens is 3. The second-order valence-electron chi connectivity index (χ2n) is 11.6. The van der Waals surface area contributed by atoms with E-state index in [-0.39, 0.29) is 35.1 Å². The summed E-state index contributed by atoms with van der Waals surface area (Å²) in [6.07, 6.45) is 4.13. The fraction of sp³-hybridized carbons (Fsp3) is 0.243. The van der Waals surface area contributed by atoms with Gasteiger partial charge in [0, 0.05) is 17.8 Å². The monoisotopic (exact) mass is 605 g/mol. The van der Waals surface area contributed by atoms with Gasteiger partial charge in [0.1, 0.15) is 17.4 Å². The van der Waals surface area contributed by atoms with Crippen LogP contribution in [0.3, 0.4) is 0 Å². The second-order valence-corrected chi connectivity index (χ2v) is 11.6. The minimum atomic E-state index is -0.728. The summed E-state index contributed by atoms with van der Waals surface area (Å²) in [6, 6.07) is 26.9. The van der Waals surface area contributed by atoms with Crippen molar-refractivity contribution in [3.8, 4) is 28.3 Å². The largest absolute Gasteiger partial charge is 0.466 e. The number of carbonyl (C=O) groups is 1. The molecule has 2 heterocycles. The first kappa shape index (κ1) is 28.8. The molecule has 1 aliphatic carbocycles. The molecule has 45 heavy (non-hydrogen) atoms. The lowest BCUT2D eigenvalue weighted by molar-refractivity contribution is -0.149. The maximum atomic E-state index is 16.3. The number of aromatic amines is 1. The smallest absolute Gasteiger partial charge is 0.308 e. The summed E-state index contributed by atoms with van der Waals surface area (Å²) in [7, 11) is 0. The van der Waals surface area contributed by atoms with Crippen LogP contribution in [0.2, 0.25) is 0 Å². The van der Waals surface area contributed by atoms with Crippen LogP contribution in [0, 0.1) is 17.6 Å². The number of rotatable bonds is 8. The van der Waals surface area contributed by atoms with E-state index in [0.29, 0.717) is 49.9 Å². The van der Waals surface area contributed by atoms with Gasteiger partial charge in [-0.2, -0.15) is 4.98 Å². The molecule has 1 aliphatic rings. The number of imidazole rings is 1. The molecule has 0 unspecified atom stereocenters. The molecular formula is C37H33F2N3O3. The maximum Gasteiger partial charge on any atom is 0.308 e. The number of benzene rings is 4. The number of halogens is 2. The number of nitrogens with zero attached hydrogens (tertiary/aromatic N) is 2. The van der Waals surface area contributed by atoms with E-state index in [1.165, 1.54) is 6.07 Å². The fourth-order valence-electron chi connectivity index (χ4n) is 6.32. The molecular weight excluding hydrogens is 572 g/mol. The van der Waals surface area contributed by atoms with Crippen molar-refractivity contribution >= 4 is 27.9 Å². The van der Waals surface area contributed by atoms with Crippen molar-refractivity contribution in [1.29, 1.82) is 0 Å². The summed E-state index contributed by atoms with van der Waals surface area (Å²) < 4.78 is 45.5. The number of esters is 1. The van der Waals surface area contributed by atoms with Crippen molar-refractivity contribution < 1.29 is 23.0 Å². The fourth-order valence-corrected chi connectivity index (χ4v) is 6.32. The first-order valence-corrected chi connectivity index (χ1v) is 15.4. The maximum absolute atomic E-state index is 16.3. The molecule has 0 radical (unpaired) electrons. The Morgan fingerprint density at radius 3 is 2.40 bits per heavy atom. The van der Waals surface area contributed by atoms with Gasteiger partial charge in [-0.15, -0.1) is 0 Å². The number of hydrogen-bond acceptors (Lipinski definition) is 4. The summed E-state index contributed by atoms with van der Waals surface area (Å²) >= 11 is 0. The van der Waals surface area contributed by atoms with Gasteiger partial charge in [0.05, 0.1) is 30.1 Å². The third-order valence-corrected chi connectivity index (χ3v) is 8.71. The van der Waals surface area contributed by atoms with Crippen molar-refractivity contribution in [3.05, 3.63) is 108 Å². The lowest BCUT2D eigenvalue weighted by Gasteiger charge is -2.27. The zero-order valence-electron chi connectivity index (χ0n) is 24.9. The molecule has 2 aromatic heterocycles. The molecule has 0 atom stereocenters. The summed E-state index contributed by atoms with van der Waals surface area (Å²) in [5, 5.41) is 0.860. The predicted molar refractivity (Wildman–Crippen MR) is 171 cm³/mol. The van der Waals surface area contributed by atoms with Crippen molar-refractivity contribution in [3.63, 3.8) is 0 Å². The van der Waals surface area contributed by atoms with E-state index < -0.39 is 11.6 Å². The van der Waals surface area contributed by atoms with E-state index in [4.69, 9.17) is 9.47 Å². The van der Waals surface area contributed by atoms with Crippen LogP contribution in [0.15, 0.2) is 91.1 Å². The number of H-pyrrole nitrogens is 1. The summed E-state index contributed by atoms with van der Waals surface area (Å²) in [4.78, 5) is 20.0. The Hall–Kier alpha value is -4.98. The molecule has 1 saturated carbocycles. The Balaban J connectivity index is 1.25. The number of carbonyl (C=O) groups excluding carboxylic acids is 1. The number of fused-ring (bicyclic) bond motifs is 2. The average Bonchev–Trinajstić information content (AvgIpc) is 3.67. The van der Waals surface area contributed by atoms with Crippen LogP contribution in [-0.2, 0) is 16.1 Å². The van der Waals surface area contributed by atoms with Crippen LogP contribution in [0.25, 0.3) is 44.2 Å². The third-order valence-electron chi connectivity index (χ3n) is 8.71. The highest BCUT2D eigenvalue weighted by atomic mass is 19.1. The van der Waals surface area contributed by atoms with Gasteiger partial charge in [-0.25, -0.2) is 8.78 Å². The van der Waals surface area contributed by atoms with Crippen LogP contribution < -0.4 is 4.74 Å². The highest BCUT2D eigenvalue weighted by Gasteiger charge is 2.30. The lowest BCUT2D eigenvalue weighted by Crippen LogP contribution is -2.29. The zero-order chi connectivity index (χ0) is 30.9. The number of nitrogens with one attached hydrogen (secondary N) is 1. The van der Waals surface area contributed by atoms with Gasteiger partial charge < -0.3 is 14.5 Å². The highest BCUT2D eigenvalue weighted by molar-refractivity contribution is 5.89. The standard InChI is InChI=1S/C37H33F2N3O3/c1-2-44-36(43)26-12-15-29(16-13-26)45-37-41-35-32(42(37)22-23-8-10-25(11-9-23)24-6-4-3-5-7-24)21-30(38)33(34(35)39)28-14-17-31-27(20-28)18-19-40-31/h3-11,14,17-21,26,29,40H,2,12-13,15-16,22H2,1H3. The lowest BCUT2D eigenvalue weighted by atomic mass is 9.87. The van der Waals surface area contributed by atoms with E-state index in [1.807, 2.05) is 54.6 Å². The molecule has 6 nitrogen and oxygen atoms in total. The molecule has 7 rings (SSSR count). The molecule has 0 amide bonds. The second kappa shape index (κ2) is 12.2. The molecule has 1 N–H and O–H groups in total. The van der Waals surface area contributed by atoms with Crippen LogP contribution in [0.1, 0.15) is 38.2 Å². The molecule has 0 bridgehead atoms. The predicted octanol–water partition coefficient (Wildman–Crippen LogP) is 8.68. The first-order chi connectivity index (χ1) is 22.0. The van der Waals surface area contributed by atoms with E-state index in [0.717, 1.165) is 27.6 Å². The van der Waals surface area contributed by atoms with Crippen LogP contribution in [-0.4, -0.2) is 33.2 Å². The van der Waals surface area contributed by atoms with Gasteiger partial charge in [0.25, 0.3) is 6.01 Å². The van der Waals surface area contributed by atoms with Crippen LogP contribution in [0.4, 0.5) is 8.78 Å². The third kappa shape index (κ3) is 5.68. The van der Waals surface area contributed by atoms with E-state index in [2.05, 4.69) is 22.1 Å². The van der Waals surface area contributed by atoms with Crippen molar-refractivity contribution in [2.75, 3.05) is 6.61 Å². The Kier molecular flexibility index (Phi) is 7.79. The minimum absolute atomic E-state index is 0.0525. The minimum Gasteiger partial charge on any atom is -0.466 e. The first-order valence-electron chi connectivity index (χ1n) is 15.4. The van der Waals surface area contributed by atoms with Crippen LogP contribution in [0.5, 0.6) is 6.01 Å². The van der Waals surface area contributed by atoms with Gasteiger partial charge in [-0.1, -0.05) is 60.7 Å². The topological polar surface area (TPSA) is 69.1 Å². The van der Waals surface area contributed by atoms with E-state index in [1.54, 1.807) is 29.8 Å². The highest BCUT2D eigenvalue weighted by Crippen LogP contribution is 2.37. The van der Waals surface area contributed by atoms with Gasteiger partial charge in [-0.3, -0.25) is 9.36 Å². The SMILES string of the molecule is CCOC(=O)C1CCC(Oc2nc3c(F)c(-c4ccc5[nH]ccc5c4)c(F)cc3n2Cc2ccc(-c3ccccc3)cc2)CC1. The Morgan fingerprint density at radius 2 is 1.64 bits per heavy atom. The number of hydrogen-bond donors (Lipinski definition) is 1. The molecule has 228 valence electrons. The number of ether oxygens (including phenoxy) is 2. The Bertz CT molecular complexity index is 1970. The van der Waals surface area contributed by atoms with Gasteiger partial charge >= 0.3 is 5.97 Å². The molecule has 0 spiro atoms. The molecule has 0 saturated heterocycles. The molecule has 0 aliphatic heterocycles. The van der Waals surface area contributed by atoms with Gasteiger partial charge in [-0.05, 0) is 78.4 Å². The van der Waals surface area contributed by atoms with Crippen molar-refractivity contribution in [2.24, 2.45) is 5.92 Å². The zero-order valence-corrected chi connectivity index (χ0v) is 24.9. The molecule has 8 heteroatoms. The average molecular weight is 606 g/mol. The summed E-state index contributed by atoms with van der Waals surface area (Å²) in [5.74, 6) is -1.73. The van der Waals surface area contributed by atoms with Crippen molar-refractivity contribution in [1.82, 2.24) is 14.5 Å². The molecule has 1 fully saturated rings. The van der Waals surface area contributed by atoms with E-state index in [9.17, 15) is 4.79 Å². The Morgan fingerprint density at radius 1 is 0.911 bits per heavy atom. The Labute approximate surface area is 259 Å². The van der Waals surface area contributed by atoms with Crippen molar-refractivity contribution in [2.45, 2.75) is 45.3 Å². The normalized spacial score (nSPS) is 16.7. The van der Waals surface area contributed by atoms with Gasteiger partial charge in [0.15, 0.2) is 5.82 Å². The van der Waals surface area contributed by atoms with E-state index >= 15 is 8.78 Å². The summed E-state index contributed by atoms with van der Waals surface area (Å²) in [5.41, 5.74) is 4.69. The molecule has 4 aromatic carbocycles. The van der Waals surface area contributed by atoms with Crippen LogP contribution >= 0.6 is 0 Å².